The number of Topliss-reactive ketones (excluding diaryl/α,β-unsaturated/α-hetero) is 1. The van der Waals surface area contributed by atoms with E-state index in [-0.39, 0.29) is 11.8 Å². The zero-order chi connectivity index (χ0) is 13.5. The smallest absolute Gasteiger partial charge is 0.153 e. The lowest BCUT2D eigenvalue weighted by molar-refractivity contribution is -0.119. The molecular weight excluding hydrogens is 226 g/mol. The summed E-state index contributed by atoms with van der Waals surface area (Å²) in [6.07, 6.45) is 1.95. The van der Waals surface area contributed by atoms with Crippen LogP contribution in [-0.4, -0.2) is 25.5 Å². The molecule has 0 amide bonds. The van der Waals surface area contributed by atoms with Crippen LogP contribution in [0.15, 0.2) is 18.2 Å². The van der Waals surface area contributed by atoms with E-state index < -0.39 is 0 Å². The van der Waals surface area contributed by atoms with Crippen LogP contribution in [0.25, 0.3) is 0 Å². The Morgan fingerprint density at radius 3 is 2.78 bits per heavy atom. The van der Waals surface area contributed by atoms with E-state index in [1.54, 1.807) is 7.11 Å². The molecule has 2 N–H and O–H groups in total. The third-order valence-corrected chi connectivity index (χ3v) is 3.15. The predicted octanol–water partition coefficient (Wildman–Crippen LogP) is 2.17. The SMILES string of the molecule is COCCCC(N)C(=O)Cc1cc(C)ccc1C. The molecular formula is C15H23NO2. The molecule has 0 saturated carbocycles. The molecule has 0 aliphatic heterocycles. The number of ketones is 1. The summed E-state index contributed by atoms with van der Waals surface area (Å²) in [7, 11) is 1.66. The molecule has 3 nitrogen and oxygen atoms in total. The standard InChI is InChI=1S/C15H23NO2/c1-11-6-7-12(2)13(9-11)10-15(17)14(16)5-4-8-18-3/h6-7,9,14H,4-5,8,10,16H2,1-3H3. The fourth-order valence-corrected chi connectivity index (χ4v) is 1.92. The molecule has 1 rings (SSSR count). The first-order chi connectivity index (χ1) is 8.54. The normalized spacial score (nSPS) is 12.4. The number of carbonyl (C=O) groups is 1. The van der Waals surface area contributed by atoms with Crippen LogP contribution in [0.1, 0.15) is 29.5 Å². The molecule has 0 aliphatic carbocycles. The van der Waals surface area contributed by atoms with Gasteiger partial charge < -0.3 is 10.5 Å². The Hall–Kier alpha value is -1.19. The second-order valence-electron chi connectivity index (χ2n) is 4.81. The zero-order valence-corrected chi connectivity index (χ0v) is 11.5. The van der Waals surface area contributed by atoms with Gasteiger partial charge >= 0.3 is 0 Å². The highest BCUT2D eigenvalue weighted by Crippen LogP contribution is 2.13. The summed E-state index contributed by atoms with van der Waals surface area (Å²) in [6, 6.07) is 5.80. The Morgan fingerprint density at radius 2 is 2.11 bits per heavy atom. The molecule has 0 heterocycles. The summed E-state index contributed by atoms with van der Waals surface area (Å²) in [5.74, 6) is 0.111. The second kappa shape index (κ2) is 7.29. The monoisotopic (exact) mass is 249 g/mol. The van der Waals surface area contributed by atoms with E-state index >= 15 is 0 Å². The number of carbonyl (C=O) groups excluding carboxylic acids is 1. The number of hydrogen-bond donors (Lipinski definition) is 1. The Kier molecular flexibility index (Phi) is 6.02. The minimum atomic E-state index is -0.375. The van der Waals surface area contributed by atoms with Crippen molar-refractivity contribution in [1.82, 2.24) is 0 Å². The quantitative estimate of drug-likeness (QED) is 0.753. The summed E-state index contributed by atoms with van der Waals surface area (Å²) in [5.41, 5.74) is 9.30. The number of rotatable bonds is 7. The summed E-state index contributed by atoms with van der Waals surface area (Å²) in [5, 5.41) is 0. The van der Waals surface area contributed by atoms with Crippen molar-refractivity contribution in [3.63, 3.8) is 0 Å². The van der Waals surface area contributed by atoms with Gasteiger partial charge in [0.05, 0.1) is 6.04 Å². The van der Waals surface area contributed by atoms with Crippen LogP contribution in [-0.2, 0) is 16.0 Å². The molecule has 0 aliphatic rings. The molecule has 1 atom stereocenters. The Labute approximate surface area is 109 Å². The number of hydrogen-bond acceptors (Lipinski definition) is 3. The van der Waals surface area contributed by atoms with Gasteiger partial charge in [0.2, 0.25) is 0 Å². The van der Waals surface area contributed by atoms with Crippen molar-refractivity contribution in [2.24, 2.45) is 5.73 Å². The maximum absolute atomic E-state index is 12.0. The third kappa shape index (κ3) is 4.59. The molecule has 1 aromatic rings. The van der Waals surface area contributed by atoms with Crippen molar-refractivity contribution in [3.8, 4) is 0 Å². The third-order valence-electron chi connectivity index (χ3n) is 3.15. The van der Waals surface area contributed by atoms with E-state index in [2.05, 4.69) is 12.1 Å². The largest absolute Gasteiger partial charge is 0.385 e. The van der Waals surface area contributed by atoms with Crippen LogP contribution < -0.4 is 5.73 Å². The van der Waals surface area contributed by atoms with Gasteiger partial charge in [0.15, 0.2) is 5.78 Å². The number of aryl methyl sites for hydroxylation is 2. The average Bonchev–Trinajstić information content (AvgIpc) is 2.34. The van der Waals surface area contributed by atoms with E-state index in [0.29, 0.717) is 19.4 Å². The molecule has 18 heavy (non-hydrogen) atoms. The summed E-state index contributed by atoms with van der Waals surface area (Å²) >= 11 is 0. The summed E-state index contributed by atoms with van der Waals surface area (Å²) in [4.78, 5) is 12.0. The fraction of sp³-hybridized carbons (Fsp3) is 0.533. The first-order valence-corrected chi connectivity index (χ1v) is 6.38. The number of methoxy groups -OCH3 is 1. The molecule has 0 aromatic heterocycles. The van der Waals surface area contributed by atoms with Crippen molar-refractivity contribution in [1.29, 1.82) is 0 Å². The fourth-order valence-electron chi connectivity index (χ4n) is 1.92. The van der Waals surface area contributed by atoms with Gasteiger partial charge in [0.1, 0.15) is 0 Å². The minimum absolute atomic E-state index is 0.111. The number of benzene rings is 1. The van der Waals surface area contributed by atoms with Crippen LogP contribution >= 0.6 is 0 Å². The first-order valence-electron chi connectivity index (χ1n) is 6.38. The van der Waals surface area contributed by atoms with E-state index in [1.165, 1.54) is 5.56 Å². The number of ether oxygens (including phenoxy) is 1. The molecule has 100 valence electrons. The van der Waals surface area contributed by atoms with E-state index in [9.17, 15) is 4.79 Å². The van der Waals surface area contributed by atoms with Crippen LogP contribution in [0, 0.1) is 13.8 Å². The lowest BCUT2D eigenvalue weighted by atomic mass is 9.97. The molecule has 0 bridgehead atoms. The van der Waals surface area contributed by atoms with Gasteiger partial charge in [0, 0.05) is 20.1 Å². The van der Waals surface area contributed by atoms with Crippen molar-refractivity contribution in [2.45, 2.75) is 39.2 Å². The molecule has 1 aromatic carbocycles. The average molecular weight is 249 g/mol. The van der Waals surface area contributed by atoms with Crippen LogP contribution in [0.4, 0.5) is 0 Å². The van der Waals surface area contributed by atoms with Crippen molar-refractivity contribution in [2.75, 3.05) is 13.7 Å². The maximum atomic E-state index is 12.0. The van der Waals surface area contributed by atoms with Gasteiger partial charge in [-0.25, -0.2) is 0 Å². The Balaban J connectivity index is 2.55. The van der Waals surface area contributed by atoms with E-state index in [0.717, 1.165) is 17.5 Å². The number of nitrogens with two attached hydrogens (primary N) is 1. The minimum Gasteiger partial charge on any atom is -0.385 e. The van der Waals surface area contributed by atoms with Crippen molar-refractivity contribution in [3.05, 3.63) is 34.9 Å². The van der Waals surface area contributed by atoms with Gasteiger partial charge in [-0.2, -0.15) is 0 Å². The Morgan fingerprint density at radius 1 is 1.39 bits per heavy atom. The molecule has 1 unspecified atom stereocenters. The van der Waals surface area contributed by atoms with Gasteiger partial charge in [0.25, 0.3) is 0 Å². The van der Waals surface area contributed by atoms with Crippen LogP contribution in [0.2, 0.25) is 0 Å². The van der Waals surface area contributed by atoms with Gasteiger partial charge in [-0.3, -0.25) is 4.79 Å². The second-order valence-corrected chi connectivity index (χ2v) is 4.81. The van der Waals surface area contributed by atoms with Crippen molar-refractivity contribution >= 4 is 5.78 Å². The topological polar surface area (TPSA) is 52.3 Å². The highest BCUT2D eigenvalue weighted by molar-refractivity contribution is 5.86. The highest BCUT2D eigenvalue weighted by Gasteiger charge is 2.14. The first kappa shape index (κ1) is 14.9. The summed E-state index contributed by atoms with van der Waals surface area (Å²) in [6.45, 7) is 4.72. The molecule has 0 spiro atoms. The predicted molar refractivity (Wildman–Crippen MR) is 73.7 cm³/mol. The highest BCUT2D eigenvalue weighted by atomic mass is 16.5. The van der Waals surface area contributed by atoms with Crippen LogP contribution in [0.5, 0.6) is 0 Å². The van der Waals surface area contributed by atoms with Gasteiger partial charge in [-0.05, 0) is 37.8 Å². The van der Waals surface area contributed by atoms with Gasteiger partial charge in [-0.15, -0.1) is 0 Å². The van der Waals surface area contributed by atoms with E-state index in [1.807, 2.05) is 19.9 Å². The summed E-state index contributed by atoms with van der Waals surface area (Å²) < 4.78 is 4.96. The van der Waals surface area contributed by atoms with Crippen molar-refractivity contribution < 1.29 is 9.53 Å². The Bertz CT molecular complexity index is 401. The lowest BCUT2D eigenvalue weighted by Gasteiger charge is -2.12. The molecule has 0 saturated heterocycles. The maximum Gasteiger partial charge on any atom is 0.153 e. The molecule has 3 heteroatoms. The molecule has 0 radical (unpaired) electrons. The molecule has 0 fully saturated rings. The van der Waals surface area contributed by atoms with Crippen LogP contribution in [0.3, 0.4) is 0 Å². The lowest BCUT2D eigenvalue weighted by Crippen LogP contribution is -2.32. The zero-order valence-electron chi connectivity index (χ0n) is 11.5. The van der Waals surface area contributed by atoms with Gasteiger partial charge in [-0.1, -0.05) is 23.8 Å². The van der Waals surface area contributed by atoms with E-state index in [4.69, 9.17) is 10.5 Å².